The molecule has 29 heavy (non-hydrogen) atoms. The number of nitrogens with zero attached hydrogens (tertiary/aromatic N) is 6. The Bertz CT molecular complexity index is 846. The number of hydrogen-bond donors (Lipinski definition) is 2. The molecule has 9 nitrogen and oxygen atoms in total. The molecule has 10 heteroatoms. The molecule has 2 aliphatic carbocycles. The van der Waals surface area contributed by atoms with Crippen LogP contribution in [-0.2, 0) is 4.79 Å². The van der Waals surface area contributed by atoms with Gasteiger partial charge < -0.3 is 15.5 Å². The second-order valence-electron chi connectivity index (χ2n) is 7.66. The van der Waals surface area contributed by atoms with Crippen molar-refractivity contribution in [3.05, 3.63) is 0 Å². The summed E-state index contributed by atoms with van der Waals surface area (Å²) in [5.74, 6) is 2.23. The lowest BCUT2D eigenvalue weighted by atomic mass is 9.94. The fraction of sp³-hybridized carbons (Fsp3) is 0.737. The summed E-state index contributed by atoms with van der Waals surface area (Å²) in [4.78, 5) is 24.2. The summed E-state index contributed by atoms with van der Waals surface area (Å²) in [7, 11) is 0. The third kappa shape index (κ3) is 4.57. The van der Waals surface area contributed by atoms with E-state index < -0.39 is 0 Å². The number of rotatable bonds is 9. The van der Waals surface area contributed by atoms with Crippen molar-refractivity contribution >= 4 is 35.3 Å². The maximum atomic E-state index is 13.1. The van der Waals surface area contributed by atoms with E-state index in [0.29, 0.717) is 40.7 Å². The zero-order valence-electron chi connectivity index (χ0n) is 17.2. The van der Waals surface area contributed by atoms with Gasteiger partial charge in [0.05, 0.1) is 5.75 Å². The Hall–Kier alpha value is -2.10. The molecule has 0 aromatic carbocycles. The Morgan fingerprint density at radius 3 is 2.45 bits per heavy atom. The number of nitrogens with one attached hydrogen (secondary N) is 2. The third-order valence-corrected chi connectivity index (χ3v) is 6.35. The summed E-state index contributed by atoms with van der Waals surface area (Å²) >= 11 is 1.42. The second kappa shape index (κ2) is 9.15. The molecule has 2 aliphatic rings. The van der Waals surface area contributed by atoms with Crippen molar-refractivity contribution in [3.8, 4) is 0 Å². The van der Waals surface area contributed by atoms with E-state index in [1.807, 2.05) is 13.8 Å². The van der Waals surface area contributed by atoms with E-state index in [1.54, 1.807) is 4.40 Å². The molecule has 0 bridgehead atoms. The van der Waals surface area contributed by atoms with Gasteiger partial charge in [0, 0.05) is 25.2 Å². The van der Waals surface area contributed by atoms with Crippen LogP contribution in [0.2, 0.25) is 0 Å². The van der Waals surface area contributed by atoms with Gasteiger partial charge in [0.2, 0.25) is 17.8 Å². The molecule has 1 amide bonds. The number of hydrogen-bond acceptors (Lipinski definition) is 8. The standard InChI is InChI=1S/C19H30N8OS/c1-3-20-16-22-17(21-4-2)27-18(23-16)24-25-19(27)29-12-15(28)26(14-10-11-14)13-8-6-5-7-9-13/h13-14H,3-12H2,1-2H3,(H2,20,21,22,23,24). The molecule has 0 unspecified atom stereocenters. The van der Waals surface area contributed by atoms with E-state index in [4.69, 9.17) is 0 Å². The molecule has 2 fully saturated rings. The van der Waals surface area contributed by atoms with Gasteiger partial charge in [-0.15, -0.1) is 10.2 Å². The van der Waals surface area contributed by atoms with Crippen LogP contribution in [0, 0.1) is 0 Å². The first-order valence-corrected chi connectivity index (χ1v) is 11.7. The molecular formula is C19H30N8OS. The first kappa shape index (κ1) is 20.2. The molecule has 0 radical (unpaired) electrons. The molecule has 0 spiro atoms. The monoisotopic (exact) mass is 418 g/mol. The van der Waals surface area contributed by atoms with Crippen LogP contribution >= 0.6 is 11.8 Å². The van der Waals surface area contributed by atoms with Crippen LogP contribution in [0.5, 0.6) is 0 Å². The normalized spacial score (nSPS) is 17.4. The number of thioether (sulfide) groups is 1. The van der Waals surface area contributed by atoms with Gasteiger partial charge in [-0.05, 0) is 39.5 Å². The topological polar surface area (TPSA) is 100 Å². The molecule has 2 aromatic rings. The van der Waals surface area contributed by atoms with Crippen LogP contribution in [0.4, 0.5) is 11.9 Å². The highest BCUT2D eigenvalue weighted by Crippen LogP contribution is 2.34. The quantitative estimate of drug-likeness (QED) is 0.600. The highest BCUT2D eigenvalue weighted by molar-refractivity contribution is 7.99. The lowest BCUT2D eigenvalue weighted by molar-refractivity contribution is -0.132. The summed E-state index contributed by atoms with van der Waals surface area (Å²) in [6.07, 6.45) is 8.35. The van der Waals surface area contributed by atoms with Gasteiger partial charge in [0.15, 0.2) is 5.16 Å². The van der Waals surface area contributed by atoms with Crippen molar-refractivity contribution in [1.29, 1.82) is 0 Å². The fourth-order valence-corrected chi connectivity index (χ4v) is 4.81. The van der Waals surface area contributed by atoms with Gasteiger partial charge in [0.25, 0.3) is 5.78 Å². The molecule has 2 N–H and O–H groups in total. The van der Waals surface area contributed by atoms with E-state index >= 15 is 0 Å². The molecule has 0 aliphatic heterocycles. The molecular weight excluding hydrogens is 388 g/mol. The molecule has 2 saturated carbocycles. The lowest BCUT2D eigenvalue weighted by Crippen LogP contribution is -2.44. The van der Waals surface area contributed by atoms with E-state index in [2.05, 4.69) is 35.7 Å². The molecule has 158 valence electrons. The zero-order chi connectivity index (χ0) is 20.2. The first-order valence-electron chi connectivity index (χ1n) is 10.8. The van der Waals surface area contributed by atoms with Gasteiger partial charge >= 0.3 is 0 Å². The number of anilines is 2. The molecule has 0 atom stereocenters. The number of carbonyl (C=O) groups is 1. The lowest BCUT2D eigenvalue weighted by Gasteiger charge is -2.34. The van der Waals surface area contributed by atoms with Gasteiger partial charge in [-0.2, -0.15) is 9.97 Å². The van der Waals surface area contributed by atoms with Crippen LogP contribution in [0.3, 0.4) is 0 Å². The average Bonchev–Trinajstić information content (AvgIpc) is 3.47. The van der Waals surface area contributed by atoms with Crippen molar-refractivity contribution in [2.24, 2.45) is 0 Å². The van der Waals surface area contributed by atoms with Crippen LogP contribution in [-0.4, -0.2) is 66.3 Å². The van der Waals surface area contributed by atoms with E-state index in [1.165, 1.54) is 31.0 Å². The summed E-state index contributed by atoms with van der Waals surface area (Å²) in [6, 6.07) is 0.868. The molecule has 2 aromatic heterocycles. The van der Waals surface area contributed by atoms with Crippen LogP contribution in [0.15, 0.2) is 5.16 Å². The number of fused-ring (bicyclic) bond motifs is 1. The van der Waals surface area contributed by atoms with E-state index in [-0.39, 0.29) is 5.91 Å². The Labute approximate surface area is 175 Å². The first-order chi connectivity index (χ1) is 14.2. The van der Waals surface area contributed by atoms with Crippen LogP contribution < -0.4 is 10.6 Å². The summed E-state index contributed by atoms with van der Waals surface area (Å²) in [6.45, 7) is 5.45. The van der Waals surface area contributed by atoms with Gasteiger partial charge in [-0.25, -0.2) is 4.40 Å². The molecule has 0 saturated heterocycles. The maximum Gasteiger partial charge on any atom is 0.261 e. The predicted molar refractivity (Wildman–Crippen MR) is 114 cm³/mol. The fourth-order valence-electron chi connectivity index (χ4n) is 4.02. The Balaban J connectivity index is 1.50. The molecule has 4 rings (SSSR count). The minimum Gasteiger partial charge on any atom is -0.355 e. The van der Waals surface area contributed by atoms with Crippen LogP contribution in [0.1, 0.15) is 58.8 Å². The highest BCUT2D eigenvalue weighted by Gasteiger charge is 2.37. The van der Waals surface area contributed by atoms with E-state index in [0.717, 1.165) is 38.8 Å². The third-order valence-electron chi connectivity index (χ3n) is 5.44. The number of aromatic nitrogens is 5. The van der Waals surface area contributed by atoms with Crippen molar-refractivity contribution in [1.82, 2.24) is 29.5 Å². The SMILES string of the molecule is CCNc1nc(NCC)n2c(SCC(=O)N(C3CCCCC3)C3CC3)nnc2n1. The molecule has 2 heterocycles. The van der Waals surface area contributed by atoms with E-state index in [9.17, 15) is 4.79 Å². The van der Waals surface area contributed by atoms with Crippen LogP contribution in [0.25, 0.3) is 5.78 Å². The largest absolute Gasteiger partial charge is 0.355 e. The van der Waals surface area contributed by atoms with Crippen molar-refractivity contribution in [3.63, 3.8) is 0 Å². The summed E-state index contributed by atoms with van der Waals surface area (Å²) in [5, 5.41) is 15.5. The minimum absolute atomic E-state index is 0.219. The highest BCUT2D eigenvalue weighted by atomic mass is 32.2. The zero-order valence-corrected chi connectivity index (χ0v) is 18.0. The Kier molecular flexibility index (Phi) is 6.37. The average molecular weight is 419 g/mol. The van der Waals surface area contributed by atoms with Crippen molar-refractivity contribution in [2.45, 2.75) is 76.0 Å². The maximum absolute atomic E-state index is 13.1. The summed E-state index contributed by atoms with van der Waals surface area (Å²) < 4.78 is 1.80. The smallest absolute Gasteiger partial charge is 0.261 e. The predicted octanol–water partition coefficient (Wildman–Crippen LogP) is 2.80. The number of carbonyl (C=O) groups excluding carboxylic acids is 1. The number of amides is 1. The van der Waals surface area contributed by atoms with Gasteiger partial charge in [0.1, 0.15) is 0 Å². The van der Waals surface area contributed by atoms with Crippen molar-refractivity contribution in [2.75, 3.05) is 29.5 Å². The summed E-state index contributed by atoms with van der Waals surface area (Å²) in [5.41, 5.74) is 0. The van der Waals surface area contributed by atoms with Gasteiger partial charge in [-0.3, -0.25) is 4.79 Å². The second-order valence-corrected chi connectivity index (χ2v) is 8.60. The van der Waals surface area contributed by atoms with Crippen molar-refractivity contribution < 1.29 is 4.79 Å². The Morgan fingerprint density at radius 2 is 1.76 bits per heavy atom. The Morgan fingerprint density at radius 1 is 1.03 bits per heavy atom. The minimum atomic E-state index is 0.219. The van der Waals surface area contributed by atoms with Gasteiger partial charge in [-0.1, -0.05) is 31.0 Å².